The molecule has 2 atom stereocenters. The van der Waals surface area contributed by atoms with Gasteiger partial charge in [-0.25, -0.2) is 0 Å². The Labute approximate surface area is 150 Å². The summed E-state index contributed by atoms with van der Waals surface area (Å²) in [6.07, 6.45) is -0.462. The summed E-state index contributed by atoms with van der Waals surface area (Å²) in [6, 6.07) is 1.71. The lowest BCUT2D eigenvalue weighted by Crippen LogP contribution is -2.41. The Morgan fingerprint density at radius 1 is 1.19 bits per heavy atom. The monoisotopic (exact) mass is 367 g/mol. The van der Waals surface area contributed by atoms with Crippen molar-refractivity contribution in [3.05, 3.63) is 24.2 Å². The molecule has 0 spiro atoms. The Balaban J connectivity index is 1.55. The molecule has 2 aromatic heterocycles. The predicted octanol–water partition coefficient (Wildman–Crippen LogP) is 3.94. The lowest BCUT2D eigenvalue weighted by Gasteiger charge is -2.32. The van der Waals surface area contributed by atoms with Crippen molar-refractivity contribution >= 4 is 18.0 Å². The first-order chi connectivity index (χ1) is 12.0. The number of halogens is 3. The molecule has 9 heteroatoms. The zero-order valence-electron chi connectivity index (χ0n) is 15.2. The fourth-order valence-electron chi connectivity index (χ4n) is 3.41. The second-order valence-electron chi connectivity index (χ2n) is 8.22. The number of nitrogens with zero attached hydrogens (tertiary/aromatic N) is 3. The van der Waals surface area contributed by atoms with Crippen LogP contribution < -0.4 is 0 Å². The summed E-state index contributed by atoms with van der Waals surface area (Å²) in [7, 11) is -0.317. The molecule has 0 unspecified atom stereocenters. The molecule has 1 aliphatic carbocycles. The molecule has 4 rings (SSSR count). The Kier molecular flexibility index (Phi) is 3.73. The van der Waals surface area contributed by atoms with Crippen molar-refractivity contribution in [1.82, 2.24) is 14.8 Å². The highest BCUT2D eigenvalue weighted by Gasteiger charge is 2.60. The molecule has 1 aliphatic heterocycles. The second-order valence-corrected chi connectivity index (χ2v) is 8.22. The normalized spacial score (nSPS) is 27.3. The maximum absolute atomic E-state index is 12.7. The van der Waals surface area contributed by atoms with E-state index in [0.29, 0.717) is 10.9 Å². The van der Waals surface area contributed by atoms with Crippen LogP contribution in [-0.4, -0.2) is 39.3 Å². The van der Waals surface area contributed by atoms with Crippen LogP contribution >= 0.6 is 0 Å². The lowest BCUT2D eigenvalue weighted by atomic mass is 9.80. The summed E-state index contributed by atoms with van der Waals surface area (Å²) in [5.41, 5.74) is 0.425. The number of rotatable bonds is 3. The minimum atomic E-state index is -4.31. The highest BCUT2D eigenvalue weighted by atomic mass is 19.4. The number of aromatic nitrogens is 3. The van der Waals surface area contributed by atoms with Gasteiger partial charge in [-0.15, -0.1) is 0 Å². The number of fused-ring (bicyclic) bond motifs is 1. The molecular weight excluding hydrogens is 346 g/mol. The van der Waals surface area contributed by atoms with E-state index in [2.05, 4.69) is 10.1 Å². The van der Waals surface area contributed by atoms with Crippen LogP contribution in [0.15, 0.2) is 18.5 Å². The Hall–Kier alpha value is -1.61. The molecule has 0 amide bonds. The quantitative estimate of drug-likeness (QED) is 0.771. The largest absolute Gasteiger partial charge is 0.461 e. The number of hydrogen-bond donors (Lipinski definition) is 0. The highest BCUT2D eigenvalue weighted by molar-refractivity contribution is 6.49. The van der Waals surface area contributed by atoms with Gasteiger partial charge in [-0.3, -0.25) is 9.67 Å². The van der Waals surface area contributed by atoms with E-state index in [1.807, 2.05) is 27.7 Å². The summed E-state index contributed by atoms with van der Waals surface area (Å²) in [6.45, 7) is 6.91. The van der Waals surface area contributed by atoms with E-state index < -0.39 is 23.9 Å². The van der Waals surface area contributed by atoms with Crippen molar-refractivity contribution < 1.29 is 22.5 Å². The molecule has 2 aromatic rings. The third-order valence-electron chi connectivity index (χ3n) is 5.72. The molecule has 0 bridgehead atoms. The van der Waals surface area contributed by atoms with Gasteiger partial charge in [0, 0.05) is 29.0 Å². The number of hydrogen-bond acceptors (Lipinski definition) is 4. The molecular formula is C17H21BF3N3O2. The fraction of sp³-hybridized carbons (Fsp3) is 0.647. The van der Waals surface area contributed by atoms with Crippen LogP contribution in [0.5, 0.6) is 0 Å². The zero-order chi connectivity index (χ0) is 18.9. The van der Waals surface area contributed by atoms with E-state index in [9.17, 15) is 13.2 Å². The smallest absolute Gasteiger partial charge is 0.403 e. The summed E-state index contributed by atoms with van der Waals surface area (Å²) < 4.78 is 51.3. The highest BCUT2D eigenvalue weighted by Crippen LogP contribution is 2.58. The van der Waals surface area contributed by atoms with Crippen LogP contribution in [-0.2, 0) is 15.9 Å². The first-order valence-electron chi connectivity index (χ1n) is 8.71. The molecule has 1 saturated carbocycles. The Morgan fingerprint density at radius 2 is 1.85 bits per heavy atom. The van der Waals surface area contributed by atoms with Gasteiger partial charge in [0.1, 0.15) is 6.54 Å². The van der Waals surface area contributed by atoms with E-state index in [-0.39, 0.29) is 18.9 Å². The Bertz CT molecular complexity index is 833. The SMILES string of the molecule is CC1(C)OB([C@H]2C[C@@H]2c2cc3c(cn2)cnn3CC(F)(F)F)OC1(C)C. The third kappa shape index (κ3) is 3.01. The average Bonchev–Trinajstić information content (AvgIpc) is 3.16. The first-order valence-corrected chi connectivity index (χ1v) is 8.71. The fourth-order valence-corrected chi connectivity index (χ4v) is 3.41. The summed E-state index contributed by atoms with van der Waals surface area (Å²) in [5, 5.41) is 4.45. The van der Waals surface area contributed by atoms with Crippen molar-refractivity contribution in [1.29, 1.82) is 0 Å². The molecule has 140 valence electrons. The van der Waals surface area contributed by atoms with Crippen LogP contribution in [0.1, 0.15) is 45.7 Å². The minimum Gasteiger partial charge on any atom is -0.403 e. The molecule has 26 heavy (non-hydrogen) atoms. The summed E-state index contributed by atoms with van der Waals surface area (Å²) in [5.74, 6) is 0.295. The maximum Gasteiger partial charge on any atom is 0.461 e. The van der Waals surface area contributed by atoms with Gasteiger partial charge >= 0.3 is 13.3 Å². The molecule has 1 saturated heterocycles. The van der Waals surface area contributed by atoms with Crippen LogP contribution in [0.2, 0.25) is 5.82 Å². The van der Waals surface area contributed by atoms with E-state index in [1.54, 1.807) is 12.3 Å². The van der Waals surface area contributed by atoms with Crippen LogP contribution in [0.3, 0.4) is 0 Å². The van der Waals surface area contributed by atoms with Crippen LogP contribution in [0.4, 0.5) is 13.2 Å². The van der Waals surface area contributed by atoms with Crippen molar-refractivity contribution in [2.45, 2.75) is 69.8 Å². The molecule has 0 N–H and O–H groups in total. The molecule has 0 radical (unpaired) electrons. The van der Waals surface area contributed by atoms with Gasteiger partial charge in [-0.2, -0.15) is 18.3 Å². The van der Waals surface area contributed by atoms with Gasteiger partial charge in [0.15, 0.2) is 0 Å². The van der Waals surface area contributed by atoms with Crippen molar-refractivity contribution in [3.8, 4) is 0 Å². The molecule has 2 aliphatic rings. The predicted molar refractivity (Wildman–Crippen MR) is 90.8 cm³/mol. The van der Waals surface area contributed by atoms with E-state index in [1.165, 1.54) is 6.20 Å². The molecule has 2 fully saturated rings. The summed E-state index contributed by atoms with van der Waals surface area (Å²) >= 11 is 0. The molecule has 3 heterocycles. The minimum absolute atomic E-state index is 0.128. The Morgan fingerprint density at radius 3 is 2.46 bits per heavy atom. The van der Waals surface area contributed by atoms with Gasteiger partial charge < -0.3 is 9.31 Å². The van der Waals surface area contributed by atoms with E-state index in [4.69, 9.17) is 9.31 Å². The zero-order valence-corrected chi connectivity index (χ0v) is 15.2. The van der Waals surface area contributed by atoms with Crippen molar-refractivity contribution in [3.63, 3.8) is 0 Å². The average molecular weight is 367 g/mol. The van der Waals surface area contributed by atoms with Gasteiger partial charge in [0.2, 0.25) is 0 Å². The topological polar surface area (TPSA) is 49.2 Å². The van der Waals surface area contributed by atoms with Gasteiger partial charge in [0.25, 0.3) is 0 Å². The summed E-state index contributed by atoms with van der Waals surface area (Å²) in [4.78, 5) is 4.43. The van der Waals surface area contributed by atoms with Crippen molar-refractivity contribution in [2.24, 2.45) is 0 Å². The lowest BCUT2D eigenvalue weighted by molar-refractivity contribution is -0.141. The van der Waals surface area contributed by atoms with Crippen molar-refractivity contribution in [2.75, 3.05) is 0 Å². The van der Waals surface area contributed by atoms with E-state index >= 15 is 0 Å². The van der Waals surface area contributed by atoms with Gasteiger partial charge in [0.05, 0.1) is 22.9 Å². The number of pyridine rings is 1. The molecule has 5 nitrogen and oxygen atoms in total. The first kappa shape index (κ1) is 17.8. The molecule has 0 aromatic carbocycles. The standard InChI is InChI=1S/C17H21BF3N3O2/c1-15(2)16(3,4)26-18(25-15)12-5-11(12)13-6-14-10(7-22-13)8-23-24(14)9-17(19,20)21/h6-8,11-12H,5,9H2,1-4H3/t11-,12-/m0/s1. The van der Waals surface area contributed by atoms with E-state index in [0.717, 1.165) is 16.8 Å². The van der Waals surface area contributed by atoms with Crippen LogP contribution in [0.25, 0.3) is 10.9 Å². The maximum atomic E-state index is 12.7. The second kappa shape index (κ2) is 5.45. The third-order valence-corrected chi connectivity index (χ3v) is 5.72. The van der Waals surface area contributed by atoms with Crippen LogP contribution in [0, 0.1) is 0 Å². The van der Waals surface area contributed by atoms with Gasteiger partial charge in [-0.05, 0) is 40.2 Å². The van der Waals surface area contributed by atoms with Gasteiger partial charge in [-0.1, -0.05) is 0 Å². The number of alkyl halides is 3.